The van der Waals surface area contributed by atoms with Gasteiger partial charge in [-0.25, -0.2) is 0 Å². The number of hydrogen-bond acceptors (Lipinski definition) is 4. The first-order valence-electron chi connectivity index (χ1n) is 8.02. The molecule has 0 aliphatic heterocycles. The third-order valence-electron chi connectivity index (χ3n) is 3.50. The lowest BCUT2D eigenvalue weighted by atomic mass is 10.1. The number of rotatable bonds is 8. The maximum Gasteiger partial charge on any atom is 0.251 e. The molecule has 0 unspecified atom stereocenters. The molecule has 6 heteroatoms. The molecular formula is C18H24N4OS. The normalized spacial score (nSPS) is 10.8. The van der Waals surface area contributed by atoms with Crippen LogP contribution in [0.15, 0.2) is 42.1 Å². The second-order valence-corrected chi connectivity index (χ2v) is 6.92. The van der Waals surface area contributed by atoms with Gasteiger partial charge in [-0.05, 0) is 24.5 Å². The van der Waals surface area contributed by atoms with Crippen LogP contribution in [0.4, 0.5) is 0 Å². The van der Waals surface area contributed by atoms with Crippen molar-refractivity contribution in [3.05, 3.63) is 53.9 Å². The highest BCUT2D eigenvalue weighted by Crippen LogP contribution is 2.24. The number of aromatic nitrogens is 3. The molecule has 0 aliphatic rings. The molecule has 0 fully saturated rings. The van der Waals surface area contributed by atoms with Crippen LogP contribution < -0.4 is 5.32 Å². The maximum absolute atomic E-state index is 12.4. The molecule has 1 aromatic carbocycles. The summed E-state index contributed by atoms with van der Waals surface area (Å²) in [6, 6.07) is 7.70. The maximum atomic E-state index is 12.4. The number of carbonyl (C=O) groups is 1. The van der Waals surface area contributed by atoms with Crippen molar-refractivity contribution in [2.75, 3.05) is 6.54 Å². The van der Waals surface area contributed by atoms with Gasteiger partial charge in [0.25, 0.3) is 5.91 Å². The van der Waals surface area contributed by atoms with Crippen LogP contribution in [0.2, 0.25) is 0 Å². The van der Waals surface area contributed by atoms with Crippen LogP contribution in [-0.4, -0.2) is 27.2 Å². The van der Waals surface area contributed by atoms with Crippen LogP contribution in [-0.2, 0) is 12.3 Å². The van der Waals surface area contributed by atoms with E-state index in [4.69, 9.17) is 0 Å². The quantitative estimate of drug-likeness (QED) is 0.588. The second-order valence-electron chi connectivity index (χ2n) is 5.98. The Balaban J connectivity index is 2.10. The van der Waals surface area contributed by atoms with Crippen molar-refractivity contribution >= 4 is 17.7 Å². The van der Waals surface area contributed by atoms with Gasteiger partial charge >= 0.3 is 0 Å². The zero-order chi connectivity index (χ0) is 17.5. The van der Waals surface area contributed by atoms with Crippen LogP contribution in [0.25, 0.3) is 0 Å². The molecule has 5 nitrogen and oxygen atoms in total. The molecule has 2 aromatic rings. The lowest BCUT2D eigenvalue weighted by molar-refractivity contribution is 0.0948. The van der Waals surface area contributed by atoms with Crippen molar-refractivity contribution in [1.82, 2.24) is 20.1 Å². The van der Waals surface area contributed by atoms with E-state index >= 15 is 0 Å². The highest BCUT2D eigenvalue weighted by atomic mass is 32.2. The zero-order valence-electron chi connectivity index (χ0n) is 14.5. The number of allylic oxidation sites excluding steroid dienone is 1. The zero-order valence-corrected chi connectivity index (χ0v) is 15.3. The predicted molar refractivity (Wildman–Crippen MR) is 98.1 cm³/mol. The van der Waals surface area contributed by atoms with E-state index in [0.29, 0.717) is 24.8 Å². The van der Waals surface area contributed by atoms with Crippen molar-refractivity contribution in [2.24, 2.45) is 5.92 Å². The van der Waals surface area contributed by atoms with E-state index in [9.17, 15) is 4.79 Å². The Kier molecular flexibility index (Phi) is 6.61. The summed E-state index contributed by atoms with van der Waals surface area (Å²) in [5, 5.41) is 12.1. The van der Waals surface area contributed by atoms with Gasteiger partial charge in [0, 0.05) is 24.4 Å². The highest BCUT2D eigenvalue weighted by molar-refractivity contribution is 7.98. The van der Waals surface area contributed by atoms with Crippen LogP contribution in [0.3, 0.4) is 0 Å². The average molecular weight is 344 g/mol. The van der Waals surface area contributed by atoms with E-state index in [0.717, 1.165) is 22.1 Å². The van der Waals surface area contributed by atoms with Gasteiger partial charge in [0.1, 0.15) is 5.82 Å². The average Bonchev–Trinajstić information content (AvgIpc) is 2.92. The summed E-state index contributed by atoms with van der Waals surface area (Å²) in [5.41, 5.74) is 1.71. The minimum absolute atomic E-state index is 0.0244. The fourth-order valence-electron chi connectivity index (χ4n) is 2.21. The first-order valence-corrected chi connectivity index (χ1v) is 9.01. The van der Waals surface area contributed by atoms with Crippen LogP contribution in [0.1, 0.15) is 35.6 Å². The number of thioether (sulfide) groups is 1. The Morgan fingerprint density at radius 3 is 2.83 bits per heavy atom. The van der Waals surface area contributed by atoms with Gasteiger partial charge in [-0.3, -0.25) is 4.79 Å². The van der Waals surface area contributed by atoms with Crippen molar-refractivity contribution in [2.45, 2.75) is 38.2 Å². The molecule has 2 rings (SSSR count). The van der Waals surface area contributed by atoms with Gasteiger partial charge in [-0.1, -0.05) is 49.9 Å². The summed E-state index contributed by atoms with van der Waals surface area (Å²) >= 11 is 1.58. The molecule has 24 heavy (non-hydrogen) atoms. The van der Waals surface area contributed by atoms with E-state index in [2.05, 4.69) is 35.9 Å². The monoisotopic (exact) mass is 344 g/mol. The molecule has 128 valence electrons. The fraction of sp³-hybridized carbons (Fsp3) is 0.389. The second kappa shape index (κ2) is 8.68. The van der Waals surface area contributed by atoms with E-state index in [-0.39, 0.29) is 5.91 Å². The van der Waals surface area contributed by atoms with Gasteiger partial charge in [0.2, 0.25) is 0 Å². The Morgan fingerprint density at radius 2 is 2.12 bits per heavy atom. The summed E-state index contributed by atoms with van der Waals surface area (Å²) in [4.78, 5) is 12.4. The molecule has 1 N–H and O–H groups in total. The summed E-state index contributed by atoms with van der Waals surface area (Å²) in [6.07, 6.45) is 1.83. The molecular weight excluding hydrogens is 320 g/mol. The smallest absolute Gasteiger partial charge is 0.251 e. The molecule has 1 heterocycles. The van der Waals surface area contributed by atoms with E-state index < -0.39 is 0 Å². The van der Waals surface area contributed by atoms with Gasteiger partial charge in [-0.15, -0.1) is 16.8 Å². The number of amides is 1. The minimum atomic E-state index is -0.0244. The van der Waals surface area contributed by atoms with Crippen molar-refractivity contribution < 1.29 is 4.79 Å². The first kappa shape index (κ1) is 18.3. The van der Waals surface area contributed by atoms with Crippen molar-refractivity contribution in [1.29, 1.82) is 0 Å². The molecule has 0 saturated carbocycles. The van der Waals surface area contributed by atoms with Crippen LogP contribution in [0.5, 0.6) is 0 Å². The van der Waals surface area contributed by atoms with Crippen molar-refractivity contribution in [3.8, 4) is 0 Å². The van der Waals surface area contributed by atoms with Gasteiger partial charge in [-0.2, -0.15) is 0 Å². The fourth-order valence-corrected chi connectivity index (χ4v) is 3.21. The SMILES string of the molecule is C=CCn1c(C)nnc1SCc1ccccc1C(=O)NCC(C)C. The number of nitrogens with zero attached hydrogens (tertiary/aromatic N) is 3. The van der Waals surface area contributed by atoms with E-state index in [1.807, 2.05) is 41.8 Å². The Hall–Kier alpha value is -2.08. The predicted octanol–water partition coefficient (Wildman–Crippen LogP) is 3.45. The lowest BCUT2D eigenvalue weighted by Crippen LogP contribution is -2.28. The third kappa shape index (κ3) is 4.71. The summed E-state index contributed by atoms with van der Waals surface area (Å²) in [5.74, 6) is 1.93. The molecule has 0 radical (unpaired) electrons. The van der Waals surface area contributed by atoms with Crippen molar-refractivity contribution in [3.63, 3.8) is 0 Å². The lowest BCUT2D eigenvalue weighted by Gasteiger charge is -2.11. The number of nitrogens with one attached hydrogen (secondary N) is 1. The molecule has 0 saturated heterocycles. The summed E-state index contributed by atoms with van der Waals surface area (Å²) < 4.78 is 2.01. The standard InChI is InChI=1S/C18H24N4OS/c1-5-10-22-14(4)20-21-18(22)24-12-15-8-6-7-9-16(15)17(23)19-11-13(2)3/h5-9,13H,1,10-12H2,2-4H3,(H,19,23). The summed E-state index contributed by atoms with van der Waals surface area (Å²) in [7, 11) is 0. The third-order valence-corrected chi connectivity index (χ3v) is 4.52. The molecule has 0 atom stereocenters. The topological polar surface area (TPSA) is 59.8 Å². The molecule has 0 bridgehead atoms. The minimum Gasteiger partial charge on any atom is -0.352 e. The van der Waals surface area contributed by atoms with E-state index in [1.165, 1.54) is 0 Å². The molecule has 1 amide bonds. The van der Waals surface area contributed by atoms with Crippen LogP contribution in [0, 0.1) is 12.8 Å². The first-order chi connectivity index (χ1) is 11.5. The molecule has 1 aromatic heterocycles. The number of benzene rings is 1. The van der Waals surface area contributed by atoms with Gasteiger partial charge in [0.05, 0.1) is 0 Å². The van der Waals surface area contributed by atoms with Gasteiger partial charge < -0.3 is 9.88 Å². The number of hydrogen-bond donors (Lipinski definition) is 1. The van der Waals surface area contributed by atoms with E-state index in [1.54, 1.807) is 11.8 Å². The number of carbonyl (C=O) groups excluding carboxylic acids is 1. The van der Waals surface area contributed by atoms with Crippen LogP contribution >= 0.6 is 11.8 Å². The Labute approximate surface area is 147 Å². The summed E-state index contributed by atoms with van der Waals surface area (Å²) in [6.45, 7) is 11.2. The molecule has 0 aliphatic carbocycles. The Bertz CT molecular complexity index is 709. The molecule has 0 spiro atoms. The van der Waals surface area contributed by atoms with Gasteiger partial charge in [0.15, 0.2) is 5.16 Å². The largest absolute Gasteiger partial charge is 0.352 e. The Morgan fingerprint density at radius 1 is 1.38 bits per heavy atom. The highest BCUT2D eigenvalue weighted by Gasteiger charge is 2.13. The number of aryl methyl sites for hydroxylation is 1.